The van der Waals surface area contributed by atoms with Gasteiger partial charge in [-0.1, -0.05) is 32.5 Å². The molecular weight excluding hydrogens is 288 g/mol. The molecule has 0 saturated heterocycles. The zero-order valence-corrected chi connectivity index (χ0v) is 12.9. The average Bonchev–Trinajstić information content (AvgIpc) is 2.77. The number of hydrogen-bond acceptors (Lipinski definition) is 4. The first-order valence-corrected chi connectivity index (χ1v) is 8.51. The van der Waals surface area contributed by atoms with E-state index in [9.17, 15) is 8.42 Å². The average molecular weight is 306 g/mol. The summed E-state index contributed by atoms with van der Waals surface area (Å²) in [5, 5.41) is 0. The number of nitrogens with two attached hydrogens (primary N) is 1. The number of nitrogens with one attached hydrogen (secondary N) is 1. The minimum Gasteiger partial charge on any atom is -0.392 e. The van der Waals surface area contributed by atoms with Crippen LogP contribution in [-0.2, 0) is 16.4 Å². The van der Waals surface area contributed by atoms with Gasteiger partial charge in [0, 0.05) is 4.88 Å². The Morgan fingerprint density at radius 2 is 2.17 bits per heavy atom. The van der Waals surface area contributed by atoms with E-state index >= 15 is 0 Å². The van der Waals surface area contributed by atoms with E-state index < -0.39 is 16.1 Å². The van der Waals surface area contributed by atoms with Crippen LogP contribution in [0.3, 0.4) is 0 Å². The van der Waals surface area contributed by atoms with Crippen LogP contribution in [0.1, 0.15) is 31.6 Å². The predicted molar refractivity (Wildman–Crippen MR) is 79.5 cm³/mol. The van der Waals surface area contributed by atoms with Crippen molar-refractivity contribution < 1.29 is 8.42 Å². The van der Waals surface area contributed by atoms with Crippen molar-refractivity contribution >= 4 is 38.6 Å². The number of sulfonamides is 1. The predicted octanol–water partition coefficient (Wildman–Crippen LogP) is 2.04. The fourth-order valence-electron chi connectivity index (χ4n) is 1.49. The summed E-state index contributed by atoms with van der Waals surface area (Å²) in [7, 11) is -3.51. The maximum Gasteiger partial charge on any atom is 0.250 e. The Hall–Kier alpha value is -0.500. The zero-order chi connectivity index (χ0) is 13.8. The van der Waals surface area contributed by atoms with Crippen molar-refractivity contribution in [2.75, 3.05) is 0 Å². The molecule has 4 nitrogen and oxygen atoms in total. The van der Waals surface area contributed by atoms with E-state index in [1.807, 2.05) is 19.9 Å². The van der Waals surface area contributed by atoms with Gasteiger partial charge in [-0.2, -0.15) is 0 Å². The highest BCUT2D eigenvalue weighted by Crippen LogP contribution is 2.22. The molecule has 0 aliphatic rings. The van der Waals surface area contributed by atoms with Gasteiger partial charge >= 0.3 is 0 Å². The van der Waals surface area contributed by atoms with Crippen LogP contribution in [0, 0.1) is 0 Å². The van der Waals surface area contributed by atoms with Gasteiger partial charge in [-0.15, -0.1) is 11.3 Å². The molecule has 0 amide bonds. The van der Waals surface area contributed by atoms with Crippen LogP contribution >= 0.6 is 23.6 Å². The van der Waals surface area contributed by atoms with Crippen molar-refractivity contribution in [3.8, 4) is 0 Å². The van der Waals surface area contributed by atoms with Crippen molar-refractivity contribution in [2.24, 2.45) is 5.73 Å². The lowest BCUT2D eigenvalue weighted by Crippen LogP contribution is -2.43. The molecule has 0 spiro atoms. The highest BCUT2D eigenvalue weighted by Gasteiger charge is 2.22. The van der Waals surface area contributed by atoms with Gasteiger partial charge in [0.15, 0.2) is 0 Å². The zero-order valence-electron chi connectivity index (χ0n) is 10.5. The van der Waals surface area contributed by atoms with Gasteiger partial charge in [0.2, 0.25) is 0 Å². The summed E-state index contributed by atoms with van der Waals surface area (Å²) in [6, 6.07) is 2.98. The monoisotopic (exact) mass is 306 g/mol. The maximum absolute atomic E-state index is 12.1. The van der Waals surface area contributed by atoms with Crippen molar-refractivity contribution in [2.45, 2.75) is 43.4 Å². The molecule has 0 bridgehead atoms. The molecule has 7 heteroatoms. The van der Waals surface area contributed by atoms with Crippen LogP contribution in [0.25, 0.3) is 0 Å². The van der Waals surface area contributed by atoms with Crippen LogP contribution in [-0.4, -0.2) is 19.4 Å². The number of hydrogen-bond donors (Lipinski definition) is 2. The number of aryl methyl sites for hydroxylation is 1. The first-order valence-electron chi connectivity index (χ1n) is 5.81. The molecule has 0 radical (unpaired) electrons. The van der Waals surface area contributed by atoms with Crippen molar-refractivity contribution in [3.63, 3.8) is 0 Å². The summed E-state index contributed by atoms with van der Waals surface area (Å²) in [5.41, 5.74) is 5.55. The summed E-state index contributed by atoms with van der Waals surface area (Å²) < 4.78 is 27.2. The fourth-order valence-corrected chi connectivity index (χ4v) is 4.30. The van der Waals surface area contributed by atoms with Crippen LogP contribution in [0.2, 0.25) is 0 Å². The third-order valence-electron chi connectivity index (χ3n) is 2.47. The van der Waals surface area contributed by atoms with Gasteiger partial charge in [0.05, 0.1) is 11.0 Å². The molecule has 102 valence electrons. The summed E-state index contributed by atoms with van der Waals surface area (Å²) in [6.45, 7) is 3.95. The molecule has 0 aliphatic carbocycles. The Balaban J connectivity index is 2.89. The molecule has 0 saturated carbocycles. The minimum atomic E-state index is -3.51. The van der Waals surface area contributed by atoms with E-state index in [-0.39, 0.29) is 4.99 Å². The highest BCUT2D eigenvalue weighted by molar-refractivity contribution is 7.91. The Morgan fingerprint density at radius 3 is 2.61 bits per heavy atom. The highest BCUT2D eigenvalue weighted by atomic mass is 32.2. The van der Waals surface area contributed by atoms with Crippen LogP contribution in [0.15, 0.2) is 16.3 Å². The summed E-state index contributed by atoms with van der Waals surface area (Å²) in [5.74, 6) is 0. The van der Waals surface area contributed by atoms with E-state index in [4.69, 9.17) is 18.0 Å². The van der Waals surface area contributed by atoms with Crippen LogP contribution < -0.4 is 10.5 Å². The molecule has 1 unspecified atom stereocenters. The van der Waals surface area contributed by atoms with Crippen molar-refractivity contribution in [3.05, 3.63) is 17.0 Å². The molecule has 1 aromatic heterocycles. The quantitative estimate of drug-likeness (QED) is 0.756. The van der Waals surface area contributed by atoms with Crippen molar-refractivity contribution in [1.82, 2.24) is 4.72 Å². The fraction of sp³-hybridized carbons (Fsp3) is 0.545. The van der Waals surface area contributed by atoms with E-state index in [1.165, 1.54) is 11.3 Å². The minimum absolute atomic E-state index is 0.188. The Bertz CT molecular complexity index is 508. The molecule has 0 fully saturated rings. The number of thiophene rings is 1. The molecule has 0 aliphatic heterocycles. The second-order valence-corrected chi connectivity index (χ2v) is 7.52. The van der Waals surface area contributed by atoms with Gasteiger partial charge in [-0.25, -0.2) is 13.1 Å². The summed E-state index contributed by atoms with van der Waals surface area (Å²) in [4.78, 5) is 1.23. The molecule has 3 N–H and O–H groups in total. The second-order valence-electron chi connectivity index (χ2n) is 3.94. The molecule has 1 aromatic rings. The van der Waals surface area contributed by atoms with E-state index in [1.54, 1.807) is 6.07 Å². The summed E-state index contributed by atoms with van der Waals surface area (Å²) >= 11 is 6.16. The smallest absolute Gasteiger partial charge is 0.250 e. The molecule has 1 heterocycles. The summed E-state index contributed by atoms with van der Waals surface area (Å²) in [6.07, 6.45) is 2.25. The van der Waals surface area contributed by atoms with Gasteiger partial charge in [-0.05, 0) is 25.0 Å². The van der Waals surface area contributed by atoms with E-state index in [2.05, 4.69) is 4.72 Å². The molecule has 0 aromatic carbocycles. The largest absolute Gasteiger partial charge is 0.392 e. The lowest BCUT2D eigenvalue weighted by Gasteiger charge is -2.15. The lowest BCUT2D eigenvalue weighted by atomic mass is 10.2. The Morgan fingerprint density at radius 1 is 1.50 bits per heavy atom. The Kier molecular flexibility index (Phi) is 5.71. The van der Waals surface area contributed by atoms with Gasteiger partial charge in [0.25, 0.3) is 10.0 Å². The van der Waals surface area contributed by atoms with Crippen molar-refractivity contribution in [1.29, 1.82) is 0 Å². The first-order chi connectivity index (χ1) is 8.40. The Labute approximate surface area is 118 Å². The molecule has 18 heavy (non-hydrogen) atoms. The lowest BCUT2D eigenvalue weighted by molar-refractivity contribution is 0.569. The second kappa shape index (κ2) is 6.60. The molecule has 1 atom stereocenters. The third kappa shape index (κ3) is 4.01. The topological polar surface area (TPSA) is 72.2 Å². The standard InChI is InChI=1S/C11H18N2O2S3/c1-3-5-9(11(12)16)13-18(14,15)10-7-6-8(4-2)17-10/h6-7,9,13H,3-5H2,1-2H3,(H2,12,16). The van der Waals surface area contributed by atoms with E-state index in [0.29, 0.717) is 10.6 Å². The maximum atomic E-state index is 12.1. The number of thiocarbonyl (C=S) groups is 1. The number of rotatable bonds is 7. The van der Waals surface area contributed by atoms with Crippen LogP contribution in [0.5, 0.6) is 0 Å². The molecular formula is C11H18N2O2S3. The van der Waals surface area contributed by atoms with Gasteiger partial charge in [0.1, 0.15) is 4.21 Å². The van der Waals surface area contributed by atoms with Gasteiger partial charge < -0.3 is 5.73 Å². The normalized spacial score (nSPS) is 13.4. The van der Waals surface area contributed by atoms with Crippen LogP contribution in [0.4, 0.5) is 0 Å². The van der Waals surface area contributed by atoms with Gasteiger partial charge in [-0.3, -0.25) is 0 Å². The molecule has 1 rings (SSSR count). The van der Waals surface area contributed by atoms with E-state index in [0.717, 1.165) is 17.7 Å². The first kappa shape index (κ1) is 15.6. The SMILES string of the molecule is CCCC(NS(=O)(=O)c1ccc(CC)s1)C(N)=S. The third-order valence-corrected chi connectivity index (χ3v) is 5.95.